The normalized spacial score (nSPS) is 17.9. The summed E-state index contributed by atoms with van der Waals surface area (Å²) >= 11 is 0. The highest BCUT2D eigenvalue weighted by Crippen LogP contribution is 2.18. The van der Waals surface area contributed by atoms with Gasteiger partial charge in [0.25, 0.3) is 0 Å². The molecule has 0 spiro atoms. The molecule has 1 aromatic heterocycles. The van der Waals surface area contributed by atoms with Crippen LogP contribution in [0.25, 0.3) is 0 Å². The van der Waals surface area contributed by atoms with Gasteiger partial charge in [0.2, 0.25) is 0 Å². The van der Waals surface area contributed by atoms with Crippen molar-refractivity contribution in [1.29, 1.82) is 0 Å². The Balaban J connectivity index is 1.41. The molecular formula is C18H24N4O3. The third-order valence-corrected chi connectivity index (χ3v) is 3.99. The highest BCUT2D eigenvalue weighted by atomic mass is 16.5. The van der Waals surface area contributed by atoms with Gasteiger partial charge in [-0.2, -0.15) is 0 Å². The monoisotopic (exact) mass is 344 g/mol. The maximum absolute atomic E-state index is 12.0. The fourth-order valence-electron chi connectivity index (χ4n) is 2.75. The SMILES string of the molecule is CC(Cn1ccnc1)NC(=O)Nc1ccc(OCC2CCCO2)cc1. The predicted molar refractivity (Wildman–Crippen MR) is 94.8 cm³/mol. The molecule has 2 atom stereocenters. The Bertz CT molecular complexity index is 651. The molecule has 134 valence electrons. The summed E-state index contributed by atoms with van der Waals surface area (Å²) < 4.78 is 13.2. The Morgan fingerprint density at radius 2 is 2.28 bits per heavy atom. The van der Waals surface area contributed by atoms with E-state index in [2.05, 4.69) is 15.6 Å². The number of aromatic nitrogens is 2. The second-order valence-corrected chi connectivity index (χ2v) is 6.23. The first-order valence-electron chi connectivity index (χ1n) is 8.57. The van der Waals surface area contributed by atoms with Gasteiger partial charge in [0.1, 0.15) is 12.4 Å². The van der Waals surface area contributed by atoms with Crippen LogP contribution in [-0.2, 0) is 11.3 Å². The fraction of sp³-hybridized carbons (Fsp3) is 0.444. The molecule has 1 saturated heterocycles. The van der Waals surface area contributed by atoms with Crippen LogP contribution < -0.4 is 15.4 Å². The number of hydrogen-bond acceptors (Lipinski definition) is 4. The number of anilines is 1. The molecule has 25 heavy (non-hydrogen) atoms. The van der Waals surface area contributed by atoms with Crippen LogP contribution in [0.4, 0.5) is 10.5 Å². The molecule has 1 aliphatic rings. The summed E-state index contributed by atoms with van der Waals surface area (Å²) in [6.07, 6.45) is 7.66. The van der Waals surface area contributed by atoms with E-state index in [-0.39, 0.29) is 18.2 Å². The summed E-state index contributed by atoms with van der Waals surface area (Å²) in [6.45, 7) is 4.01. The molecular weight excluding hydrogens is 320 g/mol. The van der Waals surface area contributed by atoms with E-state index < -0.39 is 0 Å². The van der Waals surface area contributed by atoms with Gasteiger partial charge in [0.15, 0.2) is 0 Å². The van der Waals surface area contributed by atoms with E-state index in [0.717, 1.165) is 30.9 Å². The topological polar surface area (TPSA) is 77.4 Å². The molecule has 2 heterocycles. The van der Waals surface area contributed by atoms with Gasteiger partial charge >= 0.3 is 6.03 Å². The fourth-order valence-corrected chi connectivity index (χ4v) is 2.75. The average Bonchev–Trinajstić information content (AvgIpc) is 3.27. The summed E-state index contributed by atoms with van der Waals surface area (Å²) in [5, 5.41) is 5.72. The lowest BCUT2D eigenvalue weighted by Crippen LogP contribution is -2.38. The van der Waals surface area contributed by atoms with E-state index in [1.165, 1.54) is 0 Å². The van der Waals surface area contributed by atoms with Crippen molar-refractivity contribution in [3.8, 4) is 5.75 Å². The van der Waals surface area contributed by atoms with Gasteiger partial charge in [0, 0.05) is 37.3 Å². The van der Waals surface area contributed by atoms with Crippen molar-refractivity contribution in [3.05, 3.63) is 43.0 Å². The molecule has 1 fully saturated rings. The van der Waals surface area contributed by atoms with Crippen LogP contribution in [0, 0.1) is 0 Å². The Labute approximate surface area is 147 Å². The third-order valence-electron chi connectivity index (χ3n) is 3.99. The van der Waals surface area contributed by atoms with E-state index in [1.54, 1.807) is 12.5 Å². The number of imidazole rings is 1. The quantitative estimate of drug-likeness (QED) is 0.809. The molecule has 0 aliphatic carbocycles. The van der Waals surface area contributed by atoms with Gasteiger partial charge < -0.3 is 24.7 Å². The van der Waals surface area contributed by atoms with Gasteiger partial charge in [0.05, 0.1) is 12.4 Å². The van der Waals surface area contributed by atoms with Gasteiger partial charge in [-0.15, -0.1) is 0 Å². The molecule has 1 aromatic carbocycles. The van der Waals surface area contributed by atoms with Crippen molar-refractivity contribution in [2.24, 2.45) is 0 Å². The predicted octanol–water partition coefficient (Wildman–Crippen LogP) is 2.65. The summed E-state index contributed by atoms with van der Waals surface area (Å²) in [4.78, 5) is 16.0. The van der Waals surface area contributed by atoms with Crippen molar-refractivity contribution in [2.45, 2.75) is 38.5 Å². The zero-order chi connectivity index (χ0) is 17.5. The third kappa shape index (κ3) is 5.49. The zero-order valence-electron chi connectivity index (χ0n) is 14.4. The van der Waals surface area contributed by atoms with Crippen molar-refractivity contribution >= 4 is 11.7 Å². The standard InChI is InChI=1S/C18H24N4O3/c1-14(11-22-9-8-19-13-22)20-18(23)21-15-4-6-16(7-5-15)25-12-17-3-2-10-24-17/h4-9,13-14,17H,2-3,10-12H2,1H3,(H2,20,21,23). The van der Waals surface area contributed by atoms with Gasteiger partial charge in [-0.05, 0) is 44.0 Å². The minimum atomic E-state index is -0.236. The van der Waals surface area contributed by atoms with Crippen LogP contribution in [0.5, 0.6) is 5.75 Å². The summed E-state index contributed by atoms with van der Waals surface area (Å²) in [5.41, 5.74) is 0.719. The lowest BCUT2D eigenvalue weighted by Gasteiger charge is -2.15. The Morgan fingerprint density at radius 1 is 1.44 bits per heavy atom. The van der Waals surface area contributed by atoms with Crippen LogP contribution in [-0.4, -0.2) is 40.9 Å². The Hall–Kier alpha value is -2.54. The number of amides is 2. The smallest absolute Gasteiger partial charge is 0.319 e. The molecule has 0 radical (unpaired) electrons. The number of ether oxygens (including phenoxy) is 2. The van der Waals surface area contributed by atoms with Gasteiger partial charge in [-0.1, -0.05) is 0 Å². The first-order chi connectivity index (χ1) is 12.2. The molecule has 2 N–H and O–H groups in total. The van der Waals surface area contributed by atoms with Crippen LogP contribution in [0.3, 0.4) is 0 Å². The van der Waals surface area contributed by atoms with Gasteiger partial charge in [-0.3, -0.25) is 0 Å². The molecule has 7 nitrogen and oxygen atoms in total. The number of nitrogens with zero attached hydrogens (tertiary/aromatic N) is 2. The first-order valence-corrected chi connectivity index (χ1v) is 8.57. The summed E-state index contributed by atoms with van der Waals surface area (Å²) in [7, 11) is 0. The maximum Gasteiger partial charge on any atom is 0.319 e. The van der Waals surface area contributed by atoms with Crippen LogP contribution in [0.15, 0.2) is 43.0 Å². The Kier molecular flexibility index (Phi) is 5.90. The molecule has 0 bridgehead atoms. The van der Waals surface area contributed by atoms with E-state index in [9.17, 15) is 4.79 Å². The largest absolute Gasteiger partial charge is 0.491 e. The minimum absolute atomic E-state index is 0.0109. The maximum atomic E-state index is 12.0. The number of hydrogen-bond donors (Lipinski definition) is 2. The molecule has 2 amide bonds. The highest BCUT2D eigenvalue weighted by molar-refractivity contribution is 5.89. The molecule has 0 saturated carbocycles. The summed E-state index contributed by atoms with van der Waals surface area (Å²) in [6, 6.07) is 7.10. The average molecular weight is 344 g/mol. The minimum Gasteiger partial charge on any atom is -0.491 e. The number of carbonyl (C=O) groups is 1. The molecule has 2 aromatic rings. The van der Waals surface area contributed by atoms with Gasteiger partial charge in [-0.25, -0.2) is 9.78 Å². The number of carbonyl (C=O) groups excluding carboxylic acids is 1. The lowest BCUT2D eigenvalue weighted by molar-refractivity contribution is 0.0679. The molecule has 2 unspecified atom stereocenters. The second kappa shape index (κ2) is 8.53. The van der Waals surface area contributed by atoms with E-state index in [0.29, 0.717) is 13.2 Å². The van der Waals surface area contributed by atoms with E-state index >= 15 is 0 Å². The van der Waals surface area contributed by atoms with Crippen molar-refractivity contribution in [1.82, 2.24) is 14.9 Å². The Morgan fingerprint density at radius 3 is 2.96 bits per heavy atom. The lowest BCUT2D eigenvalue weighted by atomic mass is 10.2. The number of benzene rings is 1. The first kappa shape index (κ1) is 17.3. The molecule has 7 heteroatoms. The van der Waals surface area contributed by atoms with Crippen LogP contribution in [0.1, 0.15) is 19.8 Å². The van der Waals surface area contributed by atoms with Crippen molar-refractivity contribution in [3.63, 3.8) is 0 Å². The second-order valence-electron chi connectivity index (χ2n) is 6.23. The molecule has 3 rings (SSSR count). The van der Waals surface area contributed by atoms with E-state index in [4.69, 9.17) is 9.47 Å². The number of urea groups is 1. The van der Waals surface area contributed by atoms with E-state index in [1.807, 2.05) is 42.0 Å². The van der Waals surface area contributed by atoms with Crippen LogP contribution in [0.2, 0.25) is 0 Å². The van der Waals surface area contributed by atoms with Crippen molar-refractivity contribution in [2.75, 3.05) is 18.5 Å². The zero-order valence-corrected chi connectivity index (χ0v) is 14.4. The highest BCUT2D eigenvalue weighted by Gasteiger charge is 2.16. The van der Waals surface area contributed by atoms with Crippen LogP contribution >= 0.6 is 0 Å². The van der Waals surface area contributed by atoms with Crippen molar-refractivity contribution < 1.29 is 14.3 Å². The summed E-state index contributed by atoms with van der Waals surface area (Å²) in [5.74, 6) is 0.773. The molecule has 1 aliphatic heterocycles. The number of nitrogens with one attached hydrogen (secondary N) is 2. The number of rotatable bonds is 7.